The maximum Gasteiger partial charge on any atom is 0.207 e. The Kier molecular flexibility index (Phi) is 6.68. The average Bonchev–Trinajstić information content (AvgIpc) is 1.96. The normalized spacial score (nSPS) is 8.91. The smallest absolute Gasteiger partial charge is 0.207 e. The maximum absolute atomic E-state index is 9.82. The second kappa shape index (κ2) is 7.25. The molecule has 0 spiro atoms. The molecule has 0 aliphatic heterocycles. The summed E-state index contributed by atoms with van der Waals surface area (Å²) in [6.07, 6.45) is 6.17. The van der Waals surface area contributed by atoms with Crippen molar-refractivity contribution in [1.82, 2.24) is 5.32 Å². The van der Waals surface area contributed by atoms with E-state index in [9.17, 15) is 4.79 Å². The van der Waals surface area contributed by atoms with Crippen molar-refractivity contribution in [3.8, 4) is 0 Å². The first-order chi connectivity index (χ1) is 5.27. The molecule has 0 aromatic heterocycles. The van der Waals surface area contributed by atoms with E-state index < -0.39 is 0 Å². The Morgan fingerprint density at radius 2 is 2.09 bits per heavy atom. The minimum absolute atomic E-state index is 0.746. The summed E-state index contributed by atoms with van der Waals surface area (Å²) in [6.45, 7) is 0.796. The molecule has 0 saturated carbocycles. The highest BCUT2D eigenvalue weighted by atomic mass is 16.1. The zero-order valence-electron chi connectivity index (χ0n) is 7.34. The van der Waals surface area contributed by atoms with Crippen LogP contribution in [0.5, 0.6) is 0 Å². The standard InChI is InChI=1S/C8H16N2O/c1-10(2)7-5-3-4-6-9-8-11/h7-8H,3-6H2,1-2H3/p+1. The fraction of sp³-hybridized carbons (Fsp3) is 0.750. The Bertz CT molecular complexity index is 128. The number of nitrogens with zero attached hydrogens (tertiary/aromatic N) is 1. The third kappa shape index (κ3) is 9.14. The molecule has 11 heavy (non-hydrogen) atoms. The Labute approximate surface area is 68.1 Å². The molecular weight excluding hydrogens is 140 g/mol. The Morgan fingerprint density at radius 3 is 2.64 bits per heavy atom. The van der Waals surface area contributed by atoms with E-state index in [2.05, 4.69) is 11.5 Å². The van der Waals surface area contributed by atoms with Crippen LogP contribution in [0.3, 0.4) is 0 Å². The van der Waals surface area contributed by atoms with E-state index in [1.54, 1.807) is 0 Å². The summed E-state index contributed by atoms with van der Waals surface area (Å²) in [5.74, 6) is 0. The van der Waals surface area contributed by atoms with Crippen LogP contribution >= 0.6 is 0 Å². The molecule has 3 nitrogen and oxygen atoms in total. The van der Waals surface area contributed by atoms with Crippen LogP contribution in [0.15, 0.2) is 0 Å². The maximum atomic E-state index is 9.82. The number of hydrogen-bond donors (Lipinski definition) is 1. The molecule has 0 atom stereocenters. The molecule has 1 N–H and O–H groups in total. The highest BCUT2D eigenvalue weighted by molar-refractivity contribution is 5.50. The van der Waals surface area contributed by atoms with E-state index in [1.165, 1.54) is 0 Å². The average molecular weight is 157 g/mol. The highest BCUT2D eigenvalue weighted by Crippen LogP contribution is 1.89. The minimum Gasteiger partial charge on any atom is -0.359 e. The minimum atomic E-state index is 0.746. The molecule has 0 heterocycles. The van der Waals surface area contributed by atoms with Crippen molar-refractivity contribution in [2.45, 2.75) is 19.3 Å². The van der Waals surface area contributed by atoms with Gasteiger partial charge < -0.3 is 5.32 Å². The van der Waals surface area contributed by atoms with Gasteiger partial charge in [-0.2, -0.15) is 0 Å². The molecule has 0 rings (SSSR count). The number of amides is 1. The molecule has 0 unspecified atom stereocenters. The monoisotopic (exact) mass is 157 g/mol. The molecule has 3 heteroatoms. The topological polar surface area (TPSA) is 32.1 Å². The van der Waals surface area contributed by atoms with Crippen LogP contribution < -0.4 is 5.32 Å². The van der Waals surface area contributed by atoms with E-state index in [0.717, 1.165) is 32.2 Å². The quantitative estimate of drug-likeness (QED) is 0.255. The van der Waals surface area contributed by atoms with Gasteiger partial charge in [-0.25, -0.2) is 4.58 Å². The van der Waals surface area contributed by atoms with E-state index in [4.69, 9.17) is 0 Å². The molecule has 0 bridgehead atoms. The summed E-state index contributed by atoms with van der Waals surface area (Å²) in [4.78, 5) is 9.82. The van der Waals surface area contributed by atoms with E-state index in [-0.39, 0.29) is 0 Å². The third-order valence-electron chi connectivity index (χ3n) is 1.35. The highest BCUT2D eigenvalue weighted by Gasteiger charge is 1.88. The molecule has 0 aliphatic carbocycles. The number of carbonyl (C=O) groups excluding carboxylic acids is 1. The second-order valence-corrected chi connectivity index (χ2v) is 2.71. The second-order valence-electron chi connectivity index (χ2n) is 2.71. The Hall–Kier alpha value is -0.860. The van der Waals surface area contributed by atoms with Gasteiger partial charge in [-0.3, -0.25) is 4.79 Å². The predicted molar refractivity (Wildman–Crippen MR) is 46.1 cm³/mol. The zero-order chi connectivity index (χ0) is 8.53. The van der Waals surface area contributed by atoms with Gasteiger partial charge in [-0.1, -0.05) is 0 Å². The predicted octanol–water partition coefficient (Wildman–Crippen LogP) is 0.246. The lowest BCUT2D eigenvalue weighted by Crippen LogP contribution is -2.11. The van der Waals surface area contributed by atoms with Gasteiger partial charge in [0.15, 0.2) is 0 Å². The number of rotatable bonds is 6. The molecule has 0 aromatic rings. The van der Waals surface area contributed by atoms with Crippen molar-refractivity contribution < 1.29 is 9.37 Å². The number of hydrogen-bond acceptors (Lipinski definition) is 1. The molecule has 1 amide bonds. The van der Waals surface area contributed by atoms with Gasteiger partial charge in [-0.15, -0.1) is 0 Å². The van der Waals surface area contributed by atoms with Crippen molar-refractivity contribution in [3.63, 3.8) is 0 Å². The summed E-state index contributed by atoms with van der Waals surface area (Å²) in [6, 6.07) is 0. The summed E-state index contributed by atoms with van der Waals surface area (Å²) >= 11 is 0. The molecule has 0 fully saturated rings. The lowest BCUT2D eigenvalue weighted by molar-refractivity contribution is -0.460. The third-order valence-corrected chi connectivity index (χ3v) is 1.35. The summed E-state index contributed by atoms with van der Waals surface area (Å²) in [7, 11) is 4.04. The molecule has 0 radical (unpaired) electrons. The van der Waals surface area contributed by atoms with Crippen LogP contribution in [0.2, 0.25) is 0 Å². The van der Waals surface area contributed by atoms with Gasteiger partial charge >= 0.3 is 0 Å². The summed E-state index contributed by atoms with van der Waals surface area (Å²) < 4.78 is 2.05. The van der Waals surface area contributed by atoms with E-state index >= 15 is 0 Å². The molecular formula is C8H17N2O+. The van der Waals surface area contributed by atoms with Crippen LogP contribution in [0.1, 0.15) is 19.3 Å². The van der Waals surface area contributed by atoms with Gasteiger partial charge in [0.05, 0.1) is 0 Å². The van der Waals surface area contributed by atoms with E-state index in [1.807, 2.05) is 18.7 Å². The SMILES string of the molecule is C[N+](C)=CCCCCNC=O. The number of nitrogens with one attached hydrogen (secondary N) is 1. The zero-order valence-corrected chi connectivity index (χ0v) is 7.34. The molecule has 0 aromatic carbocycles. The van der Waals surface area contributed by atoms with Gasteiger partial charge in [0.25, 0.3) is 0 Å². The van der Waals surface area contributed by atoms with Crippen molar-refractivity contribution in [2.75, 3.05) is 20.6 Å². The van der Waals surface area contributed by atoms with Crippen LogP contribution in [-0.2, 0) is 4.79 Å². The van der Waals surface area contributed by atoms with Gasteiger partial charge in [0.2, 0.25) is 6.41 Å². The van der Waals surface area contributed by atoms with Crippen LogP contribution in [0.4, 0.5) is 0 Å². The number of unbranched alkanes of at least 4 members (excludes halogenated alkanes) is 2. The number of carbonyl (C=O) groups is 1. The van der Waals surface area contributed by atoms with Crippen molar-refractivity contribution >= 4 is 12.6 Å². The first-order valence-electron chi connectivity index (χ1n) is 3.94. The van der Waals surface area contributed by atoms with E-state index in [0.29, 0.717) is 0 Å². The lowest BCUT2D eigenvalue weighted by atomic mass is 10.2. The fourth-order valence-electron chi connectivity index (χ4n) is 0.780. The van der Waals surface area contributed by atoms with Crippen molar-refractivity contribution in [2.24, 2.45) is 0 Å². The van der Waals surface area contributed by atoms with Gasteiger partial charge in [0, 0.05) is 13.0 Å². The Morgan fingerprint density at radius 1 is 1.36 bits per heavy atom. The van der Waals surface area contributed by atoms with Gasteiger partial charge in [0.1, 0.15) is 20.3 Å². The van der Waals surface area contributed by atoms with Crippen LogP contribution in [0, 0.1) is 0 Å². The Balaban J connectivity index is 3.02. The van der Waals surface area contributed by atoms with Crippen LogP contribution in [0.25, 0.3) is 0 Å². The van der Waals surface area contributed by atoms with Gasteiger partial charge in [-0.05, 0) is 12.8 Å². The van der Waals surface area contributed by atoms with Crippen molar-refractivity contribution in [1.29, 1.82) is 0 Å². The summed E-state index contributed by atoms with van der Waals surface area (Å²) in [5, 5.41) is 2.63. The first kappa shape index (κ1) is 10.1. The molecule has 0 aliphatic rings. The first-order valence-corrected chi connectivity index (χ1v) is 3.94. The molecule has 0 saturated heterocycles. The van der Waals surface area contributed by atoms with Crippen molar-refractivity contribution in [3.05, 3.63) is 0 Å². The van der Waals surface area contributed by atoms with Crippen LogP contribution in [-0.4, -0.2) is 37.8 Å². The summed E-state index contributed by atoms with van der Waals surface area (Å²) in [5.41, 5.74) is 0. The largest absolute Gasteiger partial charge is 0.359 e. The lowest BCUT2D eigenvalue weighted by Gasteiger charge is -1.94. The fourth-order valence-corrected chi connectivity index (χ4v) is 0.780. The molecule has 64 valence electrons.